The van der Waals surface area contributed by atoms with Crippen LogP contribution in [-0.4, -0.2) is 9.55 Å². The van der Waals surface area contributed by atoms with Crippen molar-refractivity contribution in [1.29, 1.82) is 0 Å². The Morgan fingerprint density at radius 1 is 1.47 bits per heavy atom. The molecule has 2 rings (SSSR count). The zero-order valence-corrected chi connectivity index (χ0v) is 11.0. The Hall–Kier alpha value is -1.17. The summed E-state index contributed by atoms with van der Waals surface area (Å²) in [6.07, 6.45) is 5.78. The van der Waals surface area contributed by atoms with E-state index in [1.165, 1.54) is 9.75 Å². The Kier molecular flexibility index (Phi) is 3.93. The van der Waals surface area contributed by atoms with Crippen molar-refractivity contribution in [1.82, 2.24) is 15.0 Å². The van der Waals surface area contributed by atoms with Crippen LogP contribution in [0.1, 0.15) is 28.4 Å². The summed E-state index contributed by atoms with van der Waals surface area (Å²) in [5.74, 6) is 5.61. The fourth-order valence-electron chi connectivity index (χ4n) is 1.79. The maximum atomic E-state index is 5.61. The summed E-state index contributed by atoms with van der Waals surface area (Å²) >= 11 is 1.85. The monoisotopic (exact) mass is 250 g/mol. The Bertz CT molecular complexity index is 474. The smallest absolute Gasteiger partial charge is 0.0947 e. The Morgan fingerprint density at radius 3 is 2.76 bits per heavy atom. The zero-order chi connectivity index (χ0) is 12.3. The number of aromatic nitrogens is 2. The SMILES string of the molecule is CCc1ccc(CC(NN)c2cn(C)cn2)s1. The van der Waals surface area contributed by atoms with E-state index >= 15 is 0 Å². The van der Waals surface area contributed by atoms with E-state index in [0.29, 0.717) is 0 Å². The summed E-state index contributed by atoms with van der Waals surface area (Å²) in [6, 6.07) is 4.45. The fraction of sp³-hybridized carbons (Fsp3) is 0.417. The maximum Gasteiger partial charge on any atom is 0.0947 e. The van der Waals surface area contributed by atoms with E-state index in [-0.39, 0.29) is 6.04 Å². The third kappa shape index (κ3) is 2.94. The largest absolute Gasteiger partial charge is 0.340 e. The second kappa shape index (κ2) is 5.44. The van der Waals surface area contributed by atoms with Crippen molar-refractivity contribution in [3.63, 3.8) is 0 Å². The van der Waals surface area contributed by atoms with Gasteiger partial charge in [0.2, 0.25) is 0 Å². The van der Waals surface area contributed by atoms with Crippen LogP contribution in [0.15, 0.2) is 24.7 Å². The van der Waals surface area contributed by atoms with Crippen LogP contribution in [0.25, 0.3) is 0 Å². The van der Waals surface area contributed by atoms with E-state index in [0.717, 1.165) is 18.5 Å². The molecule has 0 bridgehead atoms. The van der Waals surface area contributed by atoms with Crippen LogP contribution in [0.2, 0.25) is 0 Å². The first-order valence-corrected chi connectivity index (χ1v) is 6.56. The lowest BCUT2D eigenvalue weighted by Crippen LogP contribution is -2.29. The third-order valence-electron chi connectivity index (χ3n) is 2.75. The summed E-state index contributed by atoms with van der Waals surface area (Å²) < 4.78 is 1.94. The van der Waals surface area contributed by atoms with Gasteiger partial charge in [0.25, 0.3) is 0 Å². The summed E-state index contributed by atoms with van der Waals surface area (Å²) in [4.78, 5) is 7.09. The molecule has 3 N–H and O–H groups in total. The van der Waals surface area contributed by atoms with Crippen LogP contribution < -0.4 is 11.3 Å². The molecule has 0 aliphatic rings. The molecule has 0 aromatic carbocycles. The highest BCUT2D eigenvalue weighted by Crippen LogP contribution is 2.22. The first-order valence-electron chi connectivity index (χ1n) is 5.74. The third-order valence-corrected chi connectivity index (χ3v) is 4.01. The van der Waals surface area contributed by atoms with Gasteiger partial charge in [-0.1, -0.05) is 6.92 Å². The molecule has 0 aliphatic carbocycles. The van der Waals surface area contributed by atoms with Crippen molar-refractivity contribution in [2.45, 2.75) is 25.8 Å². The predicted octanol–water partition coefficient (Wildman–Crippen LogP) is 1.79. The molecular formula is C12H18N4S. The van der Waals surface area contributed by atoms with Gasteiger partial charge in [-0.2, -0.15) is 0 Å². The highest BCUT2D eigenvalue weighted by molar-refractivity contribution is 7.11. The molecular weight excluding hydrogens is 232 g/mol. The molecule has 17 heavy (non-hydrogen) atoms. The molecule has 0 spiro atoms. The second-order valence-corrected chi connectivity index (χ2v) is 5.36. The molecule has 1 atom stereocenters. The van der Waals surface area contributed by atoms with Gasteiger partial charge in [-0.25, -0.2) is 4.98 Å². The highest BCUT2D eigenvalue weighted by atomic mass is 32.1. The average molecular weight is 250 g/mol. The molecule has 1 unspecified atom stereocenters. The summed E-state index contributed by atoms with van der Waals surface area (Å²) in [5, 5.41) is 0. The minimum absolute atomic E-state index is 0.0829. The number of nitrogens with zero attached hydrogens (tertiary/aromatic N) is 2. The molecule has 0 saturated heterocycles. The lowest BCUT2D eigenvalue weighted by Gasteiger charge is -2.11. The summed E-state index contributed by atoms with van der Waals surface area (Å²) in [7, 11) is 1.96. The standard InChI is InChI=1S/C12H18N4S/c1-3-9-4-5-10(17-9)6-11(15-13)12-7-16(2)8-14-12/h4-5,7-8,11,15H,3,6,13H2,1-2H3. The number of hydrogen-bond acceptors (Lipinski definition) is 4. The van der Waals surface area contributed by atoms with Gasteiger partial charge in [0.1, 0.15) is 0 Å². The van der Waals surface area contributed by atoms with E-state index in [1.54, 1.807) is 6.33 Å². The maximum absolute atomic E-state index is 5.61. The number of imidazole rings is 1. The number of nitrogens with two attached hydrogens (primary N) is 1. The fourth-order valence-corrected chi connectivity index (χ4v) is 2.79. The number of nitrogens with one attached hydrogen (secondary N) is 1. The first kappa shape index (κ1) is 12.3. The van der Waals surface area contributed by atoms with Gasteiger partial charge in [0.05, 0.1) is 18.1 Å². The van der Waals surface area contributed by atoms with E-state index in [2.05, 4.69) is 29.5 Å². The van der Waals surface area contributed by atoms with Crippen molar-refractivity contribution >= 4 is 11.3 Å². The van der Waals surface area contributed by atoms with Crippen LogP contribution in [0.5, 0.6) is 0 Å². The number of thiophene rings is 1. The zero-order valence-electron chi connectivity index (χ0n) is 10.2. The van der Waals surface area contributed by atoms with E-state index in [1.807, 2.05) is 29.1 Å². The highest BCUT2D eigenvalue weighted by Gasteiger charge is 2.14. The Labute approximate surface area is 105 Å². The molecule has 2 heterocycles. The van der Waals surface area contributed by atoms with Gasteiger partial charge >= 0.3 is 0 Å². The Morgan fingerprint density at radius 2 is 2.24 bits per heavy atom. The number of rotatable bonds is 5. The van der Waals surface area contributed by atoms with Gasteiger partial charge in [0, 0.05) is 29.4 Å². The molecule has 92 valence electrons. The lowest BCUT2D eigenvalue weighted by atomic mass is 10.1. The topological polar surface area (TPSA) is 55.9 Å². The van der Waals surface area contributed by atoms with Crippen molar-refractivity contribution < 1.29 is 0 Å². The van der Waals surface area contributed by atoms with Gasteiger partial charge in [-0.05, 0) is 18.6 Å². The molecule has 0 aliphatic heterocycles. The van der Waals surface area contributed by atoms with Crippen molar-refractivity contribution in [3.05, 3.63) is 40.1 Å². The van der Waals surface area contributed by atoms with Crippen LogP contribution in [0.3, 0.4) is 0 Å². The first-order chi connectivity index (χ1) is 8.22. The number of hydrazine groups is 1. The Balaban J connectivity index is 2.09. The minimum atomic E-state index is 0.0829. The van der Waals surface area contributed by atoms with Gasteiger partial charge in [0.15, 0.2) is 0 Å². The molecule has 0 saturated carbocycles. The van der Waals surface area contributed by atoms with Gasteiger partial charge in [-0.3, -0.25) is 11.3 Å². The summed E-state index contributed by atoms with van der Waals surface area (Å²) in [6.45, 7) is 2.17. The minimum Gasteiger partial charge on any atom is -0.340 e. The lowest BCUT2D eigenvalue weighted by molar-refractivity contribution is 0.543. The number of hydrogen-bond donors (Lipinski definition) is 2. The molecule has 5 heteroatoms. The average Bonchev–Trinajstić information content (AvgIpc) is 2.94. The molecule has 2 aromatic rings. The van der Waals surface area contributed by atoms with Crippen LogP contribution >= 0.6 is 11.3 Å². The van der Waals surface area contributed by atoms with E-state index in [9.17, 15) is 0 Å². The molecule has 0 fully saturated rings. The van der Waals surface area contributed by atoms with E-state index in [4.69, 9.17) is 5.84 Å². The van der Waals surface area contributed by atoms with Crippen molar-refractivity contribution in [2.24, 2.45) is 12.9 Å². The number of aryl methyl sites for hydroxylation is 2. The molecule has 4 nitrogen and oxygen atoms in total. The molecule has 2 aromatic heterocycles. The quantitative estimate of drug-likeness (QED) is 0.628. The van der Waals surface area contributed by atoms with Crippen LogP contribution in [0, 0.1) is 0 Å². The molecule has 0 radical (unpaired) electrons. The van der Waals surface area contributed by atoms with E-state index < -0.39 is 0 Å². The second-order valence-electron chi connectivity index (χ2n) is 4.11. The molecule has 0 amide bonds. The summed E-state index contributed by atoms with van der Waals surface area (Å²) in [5.41, 5.74) is 3.83. The van der Waals surface area contributed by atoms with Crippen LogP contribution in [0.4, 0.5) is 0 Å². The van der Waals surface area contributed by atoms with Crippen LogP contribution in [-0.2, 0) is 19.9 Å². The van der Waals surface area contributed by atoms with Gasteiger partial charge < -0.3 is 4.57 Å². The van der Waals surface area contributed by atoms with Crippen molar-refractivity contribution in [2.75, 3.05) is 0 Å². The normalized spacial score (nSPS) is 12.9. The van der Waals surface area contributed by atoms with Crippen molar-refractivity contribution in [3.8, 4) is 0 Å². The predicted molar refractivity (Wildman–Crippen MR) is 70.7 cm³/mol. The van der Waals surface area contributed by atoms with Gasteiger partial charge in [-0.15, -0.1) is 11.3 Å².